The fourth-order valence-corrected chi connectivity index (χ4v) is 2.63. The Bertz CT molecular complexity index is 539. The third-order valence-corrected chi connectivity index (χ3v) is 4.10. The molecule has 0 spiro atoms. The van der Waals surface area contributed by atoms with Crippen molar-refractivity contribution in [2.75, 3.05) is 26.3 Å². The summed E-state index contributed by atoms with van der Waals surface area (Å²) in [4.78, 5) is 26.6. The monoisotopic (exact) mass is 338 g/mol. The standard InChI is InChI=1S/C17H23ClN2O3/c1-12(2)16(17(22)20-7-9-23-10-8-20)19-15(21)11-13-3-5-14(18)6-4-13/h3-6,12,16H,7-11H2,1-2H3,(H,19,21)/t16-/m1/s1. The number of nitrogens with zero attached hydrogens (tertiary/aromatic N) is 1. The summed E-state index contributed by atoms with van der Waals surface area (Å²) in [5.41, 5.74) is 0.869. The highest BCUT2D eigenvalue weighted by Crippen LogP contribution is 2.12. The molecule has 1 aliphatic rings. The first-order valence-electron chi connectivity index (χ1n) is 7.87. The molecule has 2 amide bonds. The highest BCUT2D eigenvalue weighted by molar-refractivity contribution is 6.30. The van der Waals surface area contributed by atoms with Gasteiger partial charge in [-0.05, 0) is 23.6 Å². The van der Waals surface area contributed by atoms with Gasteiger partial charge in [0.15, 0.2) is 0 Å². The molecule has 1 aliphatic heterocycles. The second-order valence-electron chi connectivity index (χ2n) is 6.03. The van der Waals surface area contributed by atoms with E-state index in [0.717, 1.165) is 5.56 Å². The van der Waals surface area contributed by atoms with Crippen LogP contribution in [0.1, 0.15) is 19.4 Å². The van der Waals surface area contributed by atoms with Gasteiger partial charge in [0.25, 0.3) is 0 Å². The minimum atomic E-state index is -0.507. The Morgan fingerprint density at radius 2 is 1.83 bits per heavy atom. The Morgan fingerprint density at radius 1 is 1.22 bits per heavy atom. The molecule has 1 heterocycles. The molecule has 1 N–H and O–H groups in total. The number of hydrogen-bond acceptors (Lipinski definition) is 3. The molecule has 1 atom stereocenters. The minimum absolute atomic E-state index is 0.0273. The summed E-state index contributed by atoms with van der Waals surface area (Å²) in [5, 5.41) is 3.51. The maximum Gasteiger partial charge on any atom is 0.245 e. The van der Waals surface area contributed by atoms with Crippen LogP contribution in [0.3, 0.4) is 0 Å². The largest absolute Gasteiger partial charge is 0.378 e. The summed E-state index contributed by atoms with van der Waals surface area (Å²) in [6.45, 7) is 6.13. The number of rotatable bonds is 5. The summed E-state index contributed by atoms with van der Waals surface area (Å²) in [6, 6.07) is 6.63. The Kier molecular flexibility index (Phi) is 6.42. The van der Waals surface area contributed by atoms with Crippen molar-refractivity contribution in [2.24, 2.45) is 5.92 Å². The van der Waals surface area contributed by atoms with E-state index in [1.54, 1.807) is 17.0 Å². The molecular formula is C17H23ClN2O3. The lowest BCUT2D eigenvalue weighted by Crippen LogP contribution is -2.54. The van der Waals surface area contributed by atoms with Crippen LogP contribution >= 0.6 is 11.6 Å². The van der Waals surface area contributed by atoms with Crippen LogP contribution in [0.4, 0.5) is 0 Å². The summed E-state index contributed by atoms with van der Waals surface area (Å²) in [5.74, 6) is -0.167. The van der Waals surface area contributed by atoms with Gasteiger partial charge in [-0.2, -0.15) is 0 Å². The maximum absolute atomic E-state index is 12.6. The van der Waals surface area contributed by atoms with Gasteiger partial charge in [0.05, 0.1) is 19.6 Å². The van der Waals surface area contributed by atoms with Gasteiger partial charge in [-0.3, -0.25) is 9.59 Å². The Balaban J connectivity index is 1.96. The van der Waals surface area contributed by atoms with Crippen molar-refractivity contribution in [3.8, 4) is 0 Å². The molecule has 1 saturated heterocycles. The van der Waals surface area contributed by atoms with Crippen molar-refractivity contribution in [1.82, 2.24) is 10.2 Å². The van der Waals surface area contributed by atoms with Crippen molar-refractivity contribution in [3.05, 3.63) is 34.9 Å². The third kappa shape index (κ3) is 5.22. The van der Waals surface area contributed by atoms with Crippen LogP contribution in [0.5, 0.6) is 0 Å². The zero-order valence-electron chi connectivity index (χ0n) is 13.5. The average Bonchev–Trinajstić information content (AvgIpc) is 2.55. The first kappa shape index (κ1) is 17.8. The van der Waals surface area contributed by atoms with Crippen molar-refractivity contribution in [1.29, 1.82) is 0 Å². The van der Waals surface area contributed by atoms with Gasteiger partial charge in [-0.15, -0.1) is 0 Å². The van der Waals surface area contributed by atoms with Crippen LogP contribution < -0.4 is 5.32 Å². The van der Waals surface area contributed by atoms with Gasteiger partial charge in [0.1, 0.15) is 6.04 Å². The molecule has 0 bridgehead atoms. The van der Waals surface area contributed by atoms with E-state index in [4.69, 9.17) is 16.3 Å². The quantitative estimate of drug-likeness (QED) is 0.891. The highest BCUT2D eigenvalue weighted by Gasteiger charge is 2.29. The van der Waals surface area contributed by atoms with Gasteiger partial charge in [0.2, 0.25) is 11.8 Å². The molecule has 126 valence electrons. The second-order valence-corrected chi connectivity index (χ2v) is 6.47. The number of ether oxygens (including phenoxy) is 1. The van der Waals surface area contributed by atoms with Gasteiger partial charge in [-0.1, -0.05) is 37.6 Å². The van der Waals surface area contributed by atoms with Gasteiger partial charge >= 0.3 is 0 Å². The van der Waals surface area contributed by atoms with E-state index in [2.05, 4.69) is 5.32 Å². The van der Waals surface area contributed by atoms with Crippen LogP contribution in [-0.4, -0.2) is 49.1 Å². The van der Waals surface area contributed by atoms with Gasteiger partial charge in [0, 0.05) is 18.1 Å². The number of carbonyl (C=O) groups is 2. The predicted octanol–water partition coefficient (Wildman–Crippen LogP) is 1.88. The number of amides is 2. The first-order chi connectivity index (χ1) is 11.0. The van der Waals surface area contributed by atoms with Crippen LogP contribution in [0, 0.1) is 5.92 Å². The highest BCUT2D eigenvalue weighted by atomic mass is 35.5. The number of carbonyl (C=O) groups excluding carboxylic acids is 2. The Morgan fingerprint density at radius 3 is 2.39 bits per heavy atom. The minimum Gasteiger partial charge on any atom is -0.378 e. The van der Waals surface area contributed by atoms with Crippen molar-refractivity contribution in [3.63, 3.8) is 0 Å². The lowest BCUT2D eigenvalue weighted by Gasteiger charge is -2.32. The summed E-state index contributed by atoms with van der Waals surface area (Å²) in [7, 11) is 0. The lowest BCUT2D eigenvalue weighted by atomic mass is 10.0. The number of benzene rings is 1. The van der Waals surface area contributed by atoms with E-state index in [1.807, 2.05) is 26.0 Å². The molecule has 2 rings (SSSR count). The average molecular weight is 339 g/mol. The van der Waals surface area contributed by atoms with Gasteiger partial charge < -0.3 is 15.0 Å². The molecule has 1 aromatic carbocycles. The first-order valence-corrected chi connectivity index (χ1v) is 8.25. The van der Waals surface area contributed by atoms with Crippen molar-refractivity contribution in [2.45, 2.75) is 26.3 Å². The van der Waals surface area contributed by atoms with Crippen molar-refractivity contribution >= 4 is 23.4 Å². The van der Waals surface area contributed by atoms with Crippen LogP contribution in [0.2, 0.25) is 5.02 Å². The third-order valence-electron chi connectivity index (χ3n) is 3.85. The second kappa shape index (κ2) is 8.31. The zero-order valence-corrected chi connectivity index (χ0v) is 14.3. The van der Waals surface area contributed by atoms with Crippen LogP contribution in [0.15, 0.2) is 24.3 Å². The molecular weight excluding hydrogens is 316 g/mol. The molecule has 0 radical (unpaired) electrons. The maximum atomic E-state index is 12.6. The van der Waals surface area contributed by atoms with Crippen molar-refractivity contribution < 1.29 is 14.3 Å². The Hall–Kier alpha value is -1.59. The smallest absolute Gasteiger partial charge is 0.245 e. The molecule has 1 fully saturated rings. The fraction of sp³-hybridized carbons (Fsp3) is 0.529. The lowest BCUT2D eigenvalue weighted by molar-refractivity contribution is -0.141. The van der Waals surface area contributed by atoms with E-state index in [1.165, 1.54) is 0 Å². The molecule has 1 aromatic rings. The molecule has 0 saturated carbocycles. The SMILES string of the molecule is CC(C)[C@@H](NC(=O)Cc1ccc(Cl)cc1)C(=O)N1CCOCC1. The summed E-state index contributed by atoms with van der Waals surface area (Å²) < 4.78 is 5.27. The number of morpholine rings is 1. The zero-order chi connectivity index (χ0) is 16.8. The normalized spacial score (nSPS) is 16.3. The molecule has 0 unspecified atom stereocenters. The molecule has 23 heavy (non-hydrogen) atoms. The summed E-state index contributed by atoms with van der Waals surface area (Å²) >= 11 is 5.84. The molecule has 5 nitrogen and oxygen atoms in total. The van der Waals surface area contributed by atoms with E-state index < -0.39 is 6.04 Å². The molecule has 0 aliphatic carbocycles. The predicted molar refractivity (Wildman–Crippen MR) is 89.3 cm³/mol. The van der Waals surface area contributed by atoms with Crippen LogP contribution in [0.25, 0.3) is 0 Å². The summed E-state index contributed by atoms with van der Waals surface area (Å²) in [6.07, 6.45) is 0.233. The van der Waals surface area contributed by atoms with E-state index in [-0.39, 0.29) is 24.2 Å². The van der Waals surface area contributed by atoms with Crippen LogP contribution in [-0.2, 0) is 20.7 Å². The molecule has 6 heteroatoms. The number of halogens is 1. The van der Waals surface area contributed by atoms with E-state index in [9.17, 15) is 9.59 Å². The topological polar surface area (TPSA) is 58.6 Å². The van der Waals surface area contributed by atoms with E-state index >= 15 is 0 Å². The number of nitrogens with one attached hydrogen (secondary N) is 1. The van der Waals surface area contributed by atoms with Gasteiger partial charge in [-0.25, -0.2) is 0 Å². The van der Waals surface area contributed by atoms with E-state index in [0.29, 0.717) is 31.3 Å². The molecule has 0 aromatic heterocycles. The fourth-order valence-electron chi connectivity index (χ4n) is 2.51. The Labute approximate surface area is 141 Å². The number of hydrogen-bond donors (Lipinski definition) is 1.